The molecule has 0 aliphatic rings. The summed E-state index contributed by atoms with van der Waals surface area (Å²) in [6, 6.07) is 9.22. The molecular weight excluding hydrogens is 322 g/mol. The van der Waals surface area contributed by atoms with Crippen LogP contribution >= 0.6 is 0 Å². The van der Waals surface area contributed by atoms with Crippen LogP contribution in [0.4, 0.5) is 4.79 Å². The molecule has 0 bridgehead atoms. The Kier molecular flexibility index (Phi) is 6.94. The van der Waals surface area contributed by atoms with Crippen molar-refractivity contribution in [1.82, 2.24) is 25.6 Å². The highest BCUT2D eigenvalue weighted by molar-refractivity contribution is 5.82. The lowest BCUT2D eigenvalue weighted by molar-refractivity contribution is -0.121. The van der Waals surface area contributed by atoms with Crippen LogP contribution in [0.1, 0.15) is 19.4 Å². The SMILES string of the molecule is CC(C)C(Cn1ccnn1)NC(=O)CNC(=O)OCc1ccccc1. The van der Waals surface area contributed by atoms with Crippen LogP contribution in [0.2, 0.25) is 0 Å². The van der Waals surface area contributed by atoms with E-state index in [2.05, 4.69) is 20.9 Å². The topological polar surface area (TPSA) is 98.1 Å². The van der Waals surface area contributed by atoms with Gasteiger partial charge >= 0.3 is 6.09 Å². The van der Waals surface area contributed by atoms with Gasteiger partial charge < -0.3 is 15.4 Å². The molecule has 0 aliphatic carbocycles. The van der Waals surface area contributed by atoms with Crippen LogP contribution in [0.15, 0.2) is 42.7 Å². The maximum atomic E-state index is 12.0. The third-order valence-corrected chi connectivity index (χ3v) is 3.61. The van der Waals surface area contributed by atoms with Gasteiger partial charge in [0.2, 0.25) is 5.91 Å². The van der Waals surface area contributed by atoms with Crippen molar-refractivity contribution >= 4 is 12.0 Å². The van der Waals surface area contributed by atoms with E-state index in [4.69, 9.17) is 4.74 Å². The molecule has 134 valence electrons. The molecule has 1 aromatic carbocycles. The fourth-order valence-electron chi connectivity index (χ4n) is 2.14. The van der Waals surface area contributed by atoms with Gasteiger partial charge in [0.05, 0.1) is 18.8 Å². The number of nitrogens with one attached hydrogen (secondary N) is 2. The number of carbonyl (C=O) groups is 2. The number of carbonyl (C=O) groups excluding carboxylic acids is 2. The summed E-state index contributed by atoms with van der Waals surface area (Å²) in [6.45, 7) is 4.54. The predicted octanol–water partition coefficient (Wildman–Crippen LogP) is 1.35. The zero-order chi connectivity index (χ0) is 18.1. The maximum absolute atomic E-state index is 12.0. The van der Waals surface area contributed by atoms with E-state index in [9.17, 15) is 9.59 Å². The van der Waals surface area contributed by atoms with Gasteiger partial charge in [0, 0.05) is 6.20 Å². The number of hydrogen-bond acceptors (Lipinski definition) is 5. The normalized spacial score (nSPS) is 11.8. The van der Waals surface area contributed by atoms with Crippen LogP contribution in [0, 0.1) is 5.92 Å². The van der Waals surface area contributed by atoms with Crippen LogP contribution in [0.25, 0.3) is 0 Å². The number of ether oxygens (including phenoxy) is 1. The van der Waals surface area contributed by atoms with E-state index in [1.807, 2.05) is 44.2 Å². The van der Waals surface area contributed by atoms with Crippen molar-refractivity contribution in [1.29, 1.82) is 0 Å². The number of aromatic nitrogens is 3. The summed E-state index contributed by atoms with van der Waals surface area (Å²) in [6.07, 6.45) is 2.70. The molecule has 0 saturated heterocycles. The quantitative estimate of drug-likeness (QED) is 0.752. The van der Waals surface area contributed by atoms with Crippen molar-refractivity contribution in [2.24, 2.45) is 5.92 Å². The van der Waals surface area contributed by atoms with Crippen LogP contribution < -0.4 is 10.6 Å². The Bertz CT molecular complexity index is 658. The number of rotatable bonds is 8. The van der Waals surface area contributed by atoms with Crippen LogP contribution in [0.3, 0.4) is 0 Å². The molecule has 2 amide bonds. The summed E-state index contributed by atoms with van der Waals surface area (Å²) in [5.41, 5.74) is 0.884. The standard InChI is InChI=1S/C17H23N5O3/c1-13(2)15(11-22-9-8-19-21-22)20-16(23)10-18-17(24)25-12-14-6-4-3-5-7-14/h3-9,13,15H,10-12H2,1-2H3,(H,18,24)(H,20,23). The molecule has 8 heteroatoms. The van der Waals surface area contributed by atoms with Gasteiger partial charge in [-0.3, -0.25) is 9.48 Å². The van der Waals surface area contributed by atoms with Gasteiger partial charge in [-0.05, 0) is 11.5 Å². The summed E-state index contributed by atoms with van der Waals surface area (Å²) < 4.78 is 6.72. The molecule has 0 fully saturated rings. The summed E-state index contributed by atoms with van der Waals surface area (Å²) in [5.74, 6) is -0.0753. The highest BCUT2D eigenvalue weighted by Crippen LogP contribution is 2.04. The minimum absolute atomic E-state index is 0.115. The Hall–Kier alpha value is -2.90. The van der Waals surface area contributed by atoms with E-state index >= 15 is 0 Å². The highest BCUT2D eigenvalue weighted by atomic mass is 16.5. The Labute approximate surface area is 146 Å². The first-order valence-electron chi connectivity index (χ1n) is 8.12. The van der Waals surface area contributed by atoms with Gasteiger partial charge in [-0.2, -0.15) is 0 Å². The van der Waals surface area contributed by atoms with Crippen LogP contribution in [-0.2, 0) is 22.7 Å². The van der Waals surface area contributed by atoms with Crippen molar-refractivity contribution in [3.8, 4) is 0 Å². The average Bonchev–Trinajstić information content (AvgIpc) is 3.11. The number of hydrogen-bond donors (Lipinski definition) is 2. The molecule has 25 heavy (non-hydrogen) atoms. The molecule has 1 unspecified atom stereocenters. The Balaban J connectivity index is 1.71. The highest BCUT2D eigenvalue weighted by Gasteiger charge is 2.17. The third-order valence-electron chi connectivity index (χ3n) is 3.61. The number of nitrogens with zero attached hydrogens (tertiary/aromatic N) is 3. The third kappa shape index (κ3) is 6.62. The second kappa shape index (κ2) is 9.41. The lowest BCUT2D eigenvalue weighted by atomic mass is 10.0. The molecule has 1 aromatic heterocycles. The van der Waals surface area contributed by atoms with E-state index in [-0.39, 0.29) is 31.0 Å². The molecule has 1 atom stereocenters. The zero-order valence-corrected chi connectivity index (χ0v) is 14.4. The minimum Gasteiger partial charge on any atom is -0.445 e. The first-order valence-corrected chi connectivity index (χ1v) is 8.12. The van der Waals surface area contributed by atoms with Crippen molar-refractivity contribution in [3.63, 3.8) is 0 Å². The van der Waals surface area contributed by atoms with Gasteiger partial charge in [0.25, 0.3) is 0 Å². The summed E-state index contributed by atoms with van der Waals surface area (Å²) in [4.78, 5) is 23.7. The van der Waals surface area contributed by atoms with Crippen LogP contribution in [-0.4, -0.2) is 39.6 Å². The second-order valence-corrected chi connectivity index (χ2v) is 5.96. The molecule has 0 saturated carbocycles. The molecular formula is C17H23N5O3. The van der Waals surface area contributed by atoms with Gasteiger partial charge in [-0.15, -0.1) is 5.10 Å². The fraction of sp³-hybridized carbons (Fsp3) is 0.412. The smallest absolute Gasteiger partial charge is 0.407 e. The second-order valence-electron chi connectivity index (χ2n) is 5.96. The average molecular weight is 345 g/mol. The fourth-order valence-corrected chi connectivity index (χ4v) is 2.14. The molecule has 0 spiro atoms. The van der Waals surface area contributed by atoms with Crippen molar-refractivity contribution in [2.75, 3.05) is 6.54 Å². The van der Waals surface area contributed by atoms with E-state index in [1.54, 1.807) is 17.1 Å². The minimum atomic E-state index is -0.628. The molecule has 2 N–H and O–H groups in total. The molecule has 0 aliphatic heterocycles. The number of benzene rings is 1. The lowest BCUT2D eigenvalue weighted by Gasteiger charge is -2.22. The Morgan fingerprint density at radius 2 is 2.00 bits per heavy atom. The lowest BCUT2D eigenvalue weighted by Crippen LogP contribution is -2.46. The molecule has 1 heterocycles. The van der Waals surface area contributed by atoms with E-state index in [0.717, 1.165) is 5.56 Å². The first kappa shape index (κ1) is 18.4. The molecule has 8 nitrogen and oxygen atoms in total. The van der Waals surface area contributed by atoms with E-state index in [0.29, 0.717) is 6.54 Å². The monoisotopic (exact) mass is 345 g/mol. The largest absolute Gasteiger partial charge is 0.445 e. The van der Waals surface area contributed by atoms with E-state index in [1.165, 1.54) is 0 Å². The number of alkyl carbamates (subject to hydrolysis) is 1. The maximum Gasteiger partial charge on any atom is 0.407 e. The summed E-state index contributed by atoms with van der Waals surface area (Å²) in [5, 5.41) is 13.0. The molecule has 2 rings (SSSR count). The van der Waals surface area contributed by atoms with Gasteiger partial charge in [-0.25, -0.2) is 4.79 Å². The summed E-state index contributed by atoms with van der Waals surface area (Å²) >= 11 is 0. The van der Waals surface area contributed by atoms with E-state index < -0.39 is 6.09 Å². The van der Waals surface area contributed by atoms with Crippen molar-refractivity contribution in [2.45, 2.75) is 33.0 Å². The number of amides is 2. The Morgan fingerprint density at radius 1 is 1.24 bits per heavy atom. The first-order chi connectivity index (χ1) is 12.0. The zero-order valence-electron chi connectivity index (χ0n) is 14.4. The molecule has 0 radical (unpaired) electrons. The van der Waals surface area contributed by atoms with Gasteiger partial charge in [-0.1, -0.05) is 49.4 Å². The summed E-state index contributed by atoms with van der Waals surface area (Å²) in [7, 11) is 0. The Morgan fingerprint density at radius 3 is 2.64 bits per heavy atom. The van der Waals surface area contributed by atoms with Gasteiger partial charge in [0.15, 0.2) is 0 Å². The predicted molar refractivity (Wildman–Crippen MR) is 91.4 cm³/mol. The van der Waals surface area contributed by atoms with Crippen molar-refractivity contribution in [3.05, 3.63) is 48.3 Å². The van der Waals surface area contributed by atoms with Gasteiger partial charge in [0.1, 0.15) is 13.2 Å². The van der Waals surface area contributed by atoms with Crippen LogP contribution in [0.5, 0.6) is 0 Å². The van der Waals surface area contributed by atoms with Crippen molar-refractivity contribution < 1.29 is 14.3 Å². The molecule has 2 aromatic rings.